The van der Waals surface area contributed by atoms with Gasteiger partial charge in [0.15, 0.2) is 10.1 Å². The van der Waals surface area contributed by atoms with Crippen molar-refractivity contribution in [2.75, 3.05) is 23.0 Å². The summed E-state index contributed by atoms with van der Waals surface area (Å²) in [6.07, 6.45) is 1.42. The van der Waals surface area contributed by atoms with E-state index >= 15 is 0 Å². The number of thiazole rings is 1. The predicted octanol–water partition coefficient (Wildman–Crippen LogP) is 6.28. The van der Waals surface area contributed by atoms with Crippen molar-refractivity contribution in [3.8, 4) is 0 Å². The largest absolute Gasteiger partial charge is 0.462 e. The van der Waals surface area contributed by atoms with Gasteiger partial charge in [0.2, 0.25) is 0 Å². The Morgan fingerprint density at radius 2 is 1.84 bits per heavy atom. The first-order valence-electron chi connectivity index (χ1n) is 10.7. The van der Waals surface area contributed by atoms with Gasteiger partial charge in [-0.05, 0) is 31.2 Å². The molecule has 0 aliphatic carbocycles. The van der Waals surface area contributed by atoms with Crippen LogP contribution in [0.25, 0.3) is 0 Å². The third kappa shape index (κ3) is 6.12. The van der Waals surface area contributed by atoms with E-state index in [1.54, 1.807) is 6.92 Å². The first-order valence-corrected chi connectivity index (χ1v) is 12.3. The topological polar surface area (TPSA) is 174 Å². The standard InChI is InChI=1S/C23H19N7O5S2/c1-2-35-22(32)17-18(24)19(37-21(17)26-13-6-4-3-5-7-13)20(31)27-23-25-12-16(36-23)29-28-14-8-10-15(11-9-14)30(33)34/h3-12,26H,2,24H2,1H3,(H,25,27,31). The molecule has 12 nitrogen and oxygen atoms in total. The van der Waals surface area contributed by atoms with Crippen molar-refractivity contribution in [2.24, 2.45) is 10.2 Å². The van der Waals surface area contributed by atoms with Crippen molar-refractivity contribution < 1.29 is 19.2 Å². The number of benzene rings is 2. The van der Waals surface area contributed by atoms with Gasteiger partial charge in [0.05, 0.1) is 29.1 Å². The lowest BCUT2D eigenvalue weighted by atomic mass is 10.2. The number of hydrogen-bond acceptors (Lipinski definition) is 12. The Morgan fingerprint density at radius 1 is 1.11 bits per heavy atom. The highest BCUT2D eigenvalue weighted by atomic mass is 32.1. The summed E-state index contributed by atoms with van der Waals surface area (Å²) in [5, 5.41) is 25.6. The lowest BCUT2D eigenvalue weighted by molar-refractivity contribution is -0.384. The molecule has 0 atom stereocenters. The maximum atomic E-state index is 13.0. The summed E-state index contributed by atoms with van der Waals surface area (Å²) in [6, 6.07) is 14.7. The smallest absolute Gasteiger partial charge is 0.343 e. The highest BCUT2D eigenvalue weighted by molar-refractivity contribution is 7.20. The number of nitrogens with two attached hydrogens (primary N) is 1. The molecule has 2 aromatic carbocycles. The molecule has 4 aromatic rings. The molecule has 2 heterocycles. The lowest BCUT2D eigenvalue weighted by Crippen LogP contribution is -2.13. The molecule has 188 valence electrons. The van der Waals surface area contributed by atoms with Crippen molar-refractivity contribution in [1.29, 1.82) is 0 Å². The fourth-order valence-electron chi connectivity index (χ4n) is 3.03. The van der Waals surface area contributed by atoms with Crippen LogP contribution in [0.1, 0.15) is 27.0 Å². The van der Waals surface area contributed by atoms with Crippen molar-refractivity contribution >= 4 is 72.4 Å². The number of esters is 1. The van der Waals surface area contributed by atoms with Crippen molar-refractivity contribution in [3.63, 3.8) is 0 Å². The fraction of sp³-hybridized carbons (Fsp3) is 0.0870. The number of aromatic nitrogens is 1. The third-order valence-electron chi connectivity index (χ3n) is 4.70. The minimum atomic E-state index is -0.642. The Labute approximate surface area is 218 Å². The summed E-state index contributed by atoms with van der Waals surface area (Å²) in [7, 11) is 0. The van der Waals surface area contributed by atoms with Crippen LogP contribution in [0.3, 0.4) is 0 Å². The first-order chi connectivity index (χ1) is 17.9. The second kappa shape index (κ2) is 11.4. The van der Waals surface area contributed by atoms with Crippen molar-refractivity contribution in [1.82, 2.24) is 4.98 Å². The van der Waals surface area contributed by atoms with Crippen molar-refractivity contribution in [3.05, 3.63) is 81.3 Å². The molecule has 4 N–H and O–H groups in total. The molecule has 0 fully saturated rings. The number of nitrogens with one attached hydrogen (secondary N) is 2. The van der Waals surface area contributed by atoms with Crippen LogP contribution in [0, 0.1) is 10.1 Å². The highest BCUT2D eigenvalue weighted by Crippen LogP contribution is 2.39. The Kier molecular flexibility index (Phi) is 7.80. The Morgan fingerprint density at radius 3 is 2.51 bits per heavy atom. The van der Waals surface area contributed by atoms with Gasteiger partial charge in [0.25, 0.3) is 11.6 Å². The van der Waals surface area contributed by atoms with Gasteiger partial charge < -0.3 is 15.8 Å². The number of carbonyl (C=O) groups is 2. The average molecular weight is 538 g/mol. The summed E-state index contributed by atoms with van der Waals surface area (Å²) in [6.45, 7) is 1.83. The summed E-state index contributed by atoms with van der Waals surface area (Å²) < 4.78 is 5.13. The second-order valence-electron chi connectivity index (χ2n) is 7.19. The molecule has 4 rings (SSSR count). The van der Waals surface area contributed by atoms with Gasteiger partial charge >= 0.3 is 5.97 Å². The van der Waals surface area contributed by atoms with Crippen LogP contribution in [0.15, 0.2) is 71.0 Å². The van der Waals surface area contributed by atoms with E-state index in [1.165, 1.54) is 30.5 Å². The van der Waals surface area contributed by atoms with E-state index in [-0.39, 0.29) is 33.6 Å². The van der Waals surface area contributed by atoms with Crippen LogP contribution < -0.4 is 16.4 Å². The molecule has 0 bridgehead atoms. The van der Waals surface area contributed by atoms with Gasteiger partial charge in [0.1, 0.15) is 15.4 Å². The maximum absolute atomic E-state index is 13.0. The quantitative estimate of drug-likeness (QED) is 0.0967. The summed E-state index contributed by atoms with van der Waals surface area (Å²) in [5.41, 5.74) is 7.36. The molecular weight excluding hydrogens is 518 g/mol. The van der Waals surface area contributed by atoms with Crippen LogP contribution in [0.4, 0.5) is 37.9 Å². The minimum Gasteiger partial charge on any atom is -0.462 e. The number of nitro groups is 1. The SMILES string of the molecule is CCOC(=O)c1c(Nc2ccccc2)sc(C(=O)Nc2ncc(N=Nc3ccc([N+](=O)[O-])cc3)s2)c1N. The van der Waals surface area contributed by atoms with E-state index in [0.29, 0.717) is 21.4 Å². The van der Waals surface area contributed by atoms with E-state index in [2.05, 4.69) is 25.8 Å². The van der Waals surface area contributed by atoms with Gasteiger partial charge in [-0.1, -0.05) is 29.5 Å². The fourth-order valence-corrected chi connectivity index (χ4v) is 4.69. The van der Waals surface area contributed by atoms with E-state index < -0.39 is 16.8 Å². The zero-order valence-corrected chi connectivity index (χ0v) is 20.8. The number of thiophene rings is 1. The van der Waals surface area contributed by atoms with Gasteiger partial charge in [-0.25, -0.2) is 9.78 Å². The monoisotopic (exact) mass is 537 g/mol. The number of ether oxygens (including phenoxy) is 1. The Balaban J connectivity index is 1.51. The molecule has 0 spiro atoms. The van der Waals surface area contributed by atoms with Gasteiger partial charge in [0, 0.05) is 17.8 Å². The molecule has 0 aliphatic heterocycles. The van der Waals surface area contributed by atoms with Crippen molar-refractivity contribution in [2.45, 2.75) is 6.92 Å². The number of non-ortho nitro benzene ring substituents is 1. The summed E-state index contributed by atoms with van der Waals surface area (Å²) in [5.74, 6) is -1.20. The van der Waals surface area contributed by atoms with Crippen LogP contribution in [0.5, 0.6) is 0 Å². The van der Waals surface area contributed by atoms with Gasteiger partial charge in [-0.3, -0.25) is 20.2 Å². The number of rotatable bonds is 9. The normalized spacial score (nSPS) is 10.8. The van der Waals surface area contributed by atoms with E-state index in [4.69, 9.17) is 10.5 Å². The molecule has 0 saturated carbocycles. The van der Waals surface area contributed by atoms with E-state index in [0.717, 1.165) is 22.7 Å². The lowest BCUT2D eigenvalue weighted by Gasteiger charge is -2.07. The zero-order chi connectivity index (χ0) is 26.4. The number of nitro benzene ring substituents is 1. The number of anilines is 4. The third-order valence-corrected chi connectivity index (χ3v) is 6.62. The molecular formula is C23H19N7O5S2. The number of para-hydroxylation sites is 1. The molecule has 37 heavy (non-hydrogen) atoms. The highest BCUT2D eigenvalue weighted by Gasteiger charge is 2.27. The van der Waals surface area contributed by atoms with Crippen LogP contribution in [-0.2, 0) is 4.74 Å². The van der Waals surface area contributed by atoms with Gasteiger partial charge in [-0.15, -0.1) is 21.6 Å². The number of hydrogen-bond donors (Lipinski definition) is 3. The number of carbonyl (C=O) groups excluding carboxylic acids is 2. The zero-order valence-electron chi connectivity index (χ0n) is 19.2. The maximum Gasteiger partial charge on any atom is 0.343 e. The number of azo groups is 1. The Bertz CT molecular complexity index is 1470. The first kappa shape index (κ1) is 25.4. The summed E-state index contributed by atoms with van der Waals surface area (Å²) in [4.78, 5) is 40.1. The minimum absolute atomic E-state index is 0.00554. The number of amides is 1. The van der Waals surface area contributed by atoms with Crippen LogP contribution in [0.2, 0.25) is 0 Å². The Hall–Kier alpha value is -4.69. The molecule has 0 aliphatic rings. The molecule has 0 radical (unpaired) electrons. The second-order valence-corrected chi connectivity index (χ2v) is 9.22. The van der Waals surface area contributed by atoms with Gasteiger partial charge in [-0.2, -0.15) is 0 Å². The van der Waals surface area contributed by atoms with E-state index in [9.17, 15) is 19.7 Å². The predicted molar refractivity (Wildman–Crippen MR) is 142 cm³/mol. The molecule has 2 aromatic heterocycles. The summed E-state index contributed by atoms with van der Waals surface area (Å²) >= 11 is 2.08. The molecule has 0 saturated heterocycles. The molecule has 0 unspecified atom stereocenters. The van der Waals surface area contributed by atoms with Crippen LogP contribution >= 0.6 is 22.7 Å². The number of nitrogens with zero attached hydrogens (tertiary/aromatic N) is 4. The average Bonchev–Trinajstić information content (AvgIpc) is 3.47. The molecule has 1 amide bonds. The molecule has 14 heteroatoms. The van der Waals surface area contributed by atoms with E-state index in [1.807, 2.05) is 30.3 Å². The van der Waals surface area contributed by atoms with Crippen LogP contribution in [-0.4, -0.2) is 28.4 Å². The number of nitrogen functional groups attached to an aromatic ring is 1.